The molecule has 1 aliphatic rings. The number of esters is 1. The Bertz CT molecular complexity index is 939. The van der Waals surface area contributed by atoms with Crippen LogP contribution in [0.2, 0.25) is 0 Å². The molecular formula is C17H17F5INO6S. The molecule has 0 saturated heterocycles. The minimum Gasteiger partial charge on any atom is -0.444 e. The first-order chi connectivity index (χ1) is 14.1. The zero-order valence-corrected chi connectivity index (χ0v) is 18.5. The summed E-state index contributed by atoms with van der Waals surface area (Å²) in [6, 6.07) is 6.52. The van der Waals surface area contributed by atoms with Crippen LogP contribution in [0.15, 0.2) is 24.3 Å². The number of benzene rings is 1. The van der Waals surface area contributed by atoms with Crippen molar-refractivity contribution >= 4 is 50.3 Å². The quantitative estimate of drug-likeness (QED) is 0.226. The number of hydrogen-bond acceptors (Lipinski definition) is 5. The van der Waals surface area contributed by atoms with Gasteiger partial charge in [-0.05, 0) is 53.6 Å². The van der Waals surface area contributed by atoms with E-state index in [4.69, 9.17) is 4.55 Å². The van der Waals surface area contributed by atoms with E-state index < -0.39 is 51.4 Å². The van der Waals surface area contributed by atoms with Gasteiger partial charge >= 0.3 is 27.5 Å². The molecule has 7 nitrogen and oxygen atoms in total. The second kappa shape index (κ2) is 9.52. The van der Waals surface area contributed by atoms with Gasteiger partial charge in [0.15, 0.2) is 0 Å². The molecule has 0 radical (unpaired) electrons. The Morgan fingerprint density at radius 1 is 1.13 bits per heavy atom. The average molecular weight is 585 g/mol. The van der Waals surface area contributed by atoms with Crippen LogP contribution in [0.5, 0.6) is 0 Å². The molecule has 31 heavy (non-hydrogen) atoms. The Labute approximate surface area is 187 Å². The summed E-state index contributed by atoms with van der Waals surface area (Å²) in [4.78, 5) is 24.9. The summed E-state index contributed by atoms with van der Waals surface area (Å²) in [5.41, 5.74) is 0.362. The van der Waals surface area contributed by atoms with E-state index in [2.05, 4.69) is 10.1 Å². The zero-order chi connectivity index (χ0) is 23.6. The van der Waals surface area contributed by atoms with Crippen molar-refractivity contribution in [3.63, 3.8) is 0 Å². The summed E-state index contributed by atoms with van der Waals surface area (Å²) in [6.07, 6.45) is -9.69. The van der Waals surface area contributed by atoms with Gasteiger partial charge in [0.2, 0.25) is 5.91 Å². The van der Waals surface area contributed by atoms with Crippen molar-refractivity contribution in [1.29, 1.82) is 0 Å². The summed E-state index contributed by atoms with van der Waals surface area (Å²) in [6.45, 7) is 0. The summed E-state index contributed by atoms with van der Waals surface area (Å²) >= 11 is 1.98. The lowest BCUT2D eigenvalue weighted by Crippen LogP contribution is -2.53. The van der Waals surface area contributed by atoms with Crippen LogP contribution < -0.4 is 5.32 Å². The molecule has 0 heterocycles. The van der Waals surface area contributed by atoms with Crippen molar-refractivity contribution in [3.05, 3.63) is 27.8 Å². The molecule has 3 atom stereocenters. The maximum Gasteiger partial charge on any atom is 0.432 e. The molecule has 0 bridgehead atoms. The van der Waals surface area contributed by atoms with E-state index >= 15 is 0 Å². The Kier molecular flexibility index (Phi) is 7.90. The maximum absolute atomic E-state index is 13.7. The smallest absolute Gasteiger partial charge is 0.432 e. The van der Waals surface area contributed by atoms with Gasteiger partial charge in [-0.3, -0.25) is 14.1 Å². The van der Waals surface area contributed by atoms with Crippen LogP contribution in [0.4, 0.5) is 27.6 Å². The number of anilines is 1. The van der Waals surface area contributed by atoms with E-state index in [1.54, 1.807) is 24.3 Å². The first kappa shape index (κ1) is 25.7. The highest BCUT2D eigenvalue weighted by Gasteiger charge is 2.66. The number of amides is 1. The topological polar surface area (TPSA) is 110 Å². The minimum atomic E-state index is -6.55. The van der Waals surface area contributed by atoms with Gasteiger partial charge in [-0.25, -0.2) is 0 Å². The van der Waals surface area contributed by atoms with E-state index in [1.165, 1.54) is 0 Å². The summed E-state index contributed by atoms with van der Waals surface area (Å²) in [5, 5.41) is -3.31. The van der Waals surface area contributed by atoms with Crippen molar-refractivity contribution in [1.82, 2.24) is 0 Å². The van der Waals surface area contributed by atoms with Crippen molar-refractivity contribution in [2.75, 3.05) is 5.32 Å². The van der Waals surface area contributed by atoms with Crippen molar-refractivity contribution in [2.45, 2.75) is 43.2 Å². The van der Waals surface area contributed by atoms with Gasteiger partial charge in [-0.15, -0.1) is 0 Å². The minimum absolute atomic E-state index is 0.0842. The molecule has 1 fully saturated rings. The van der Waals surface area contributed by atoms with Crippen molar-refractivity contribution in [2.24, 2.45) is 11.8 Å². The molecular weight excluding hydrogens is 568 g/mol. The lowest BCUT2D eigenvalue weighted by Gasteiger charge is -2.32. The molecule has 174 valence electrons. The van der Waals surface area contributed by atoms with Crippen molar-refractivity contribution in [3.8, 4) is 0 Å². The number of carbonyl (C=O) groups is 2. The fourth-order valence-electron chi connectivity index (χ4n) is 3.19. The van der Waals surface area contributed by atoms with E-state index in [9.17, 15) is 40.0 Å². The molecule has 2 N–H and O–H groups in total. The molecule has 1 aromatic rings. The molecule has 1 aliphatic carbocycles. The van der Waals surface area contributed by atoms with Gasteiger partial charge in [0.1, 0.15) is 0 Å². The molecule has 1 amide bonds. The number of nitrogens with one attached hydrogen (secondary N) is 1. The lowest BCUT2D eigenvalue weighted by molar-refractivity contribution is -0.261. The van der Waals surface area contributed by atoms with Crippen LogP contribution in [-0.4, -0.2) is 42.4 Å². The van der Waals surface area contributed by atoms with Gasteiger partial charge in [0.25, 0.3) is 6.10 Å². The summed E-state index contributed by atoms with van der Waals surface area (Å²) in [7, 11) is -6.55. The third-order valence-corrected chi connectivity index (χ3v) is 6.25. The molecule has 2 rings (SSSR count). The fourth-order valence-corrected chi connectivity index (χ4v) is 4.19. The normalized spacial score (nSPS) is 21.3. The number of hydrogen-bond donors (Lipinski definition) is 2. The largest absolute Gasteiger partial charge is 0.444 e. The van der Waals surface area contributed by atoms with Crippen LogP contribution in [-0.2, 0) is 24.4 Å². The molecule has 14 heteroatoms. The highest BCUT2D eigenvalue weighted by molar-refractivity contribution is 14.1. The van der Waals surface area contributed by atoms with E-state index in [1.807, 2.05) is 22.6 Å². The van der Waals surface area contributed by atoms with Crippen LogP contribution in [0.1, 0.15) is 25.7 Å². The number of alkyl halides is 5. The van der Waals surface area contributed by atoms with Crippen LogP contribution in [0.25, 0.3) is 0 Å². The lowest BCUT2D eigenvalue weighted by atomic mass is 9.78. The molecule has 3 unspecified atom stereocenters. The van der Waals surface area contributed by atoms with E-state index in [-0.39, 0.29) is 12.8 Å². The van der Waals surface area contributed by atoms with Gasteiger partial charge in [0.05, 0.1) is 11.8 Å². The van der Waals surface area contributed by atoms with Crippen LogP contribution in [0, 0.1) is 15.4 Å². The molecule has 1 saturated carbocycles. The fraction of sp³-hybridized carbons (Fsp3) is 0.529. The first-order valence-electron chi connectivity index (χ1n) is 8.83. The van der Waals surface area contributed by atoms with Crippen LogP contribution >= 0.6 is 22.6 Å². The Balaban J connectivity index is 2.24. The second-order valence-electron chi connectivity index (χ2n) is 6.89. The molecule has 0 spiro atoms. The second-order valence-corrected chi connectivity index (χ2v) is 9.63. The predicted molar refractivity (Wildman–Crippen MR) is 106 cm³/mol. The maximum atomic E-state index is 13.7. The number of ether oxygens (including phenoxy) is 1. The zero-order valence-electron chi connectivity index (χ0n) is 15.5. The van der Waals surface area contributed by atoms with Gasteiger partial charge in [0, 0.05) is 9.26 Å². The van der Waals surface area contributed by atoms with Gasteiger partial charge in [-0.2, -0.15) is 30.4 Å². The first-order valence-corrected chi connectivity index (χ1v) is 11.3. The van der Waals surface area contributed by atoms with E-state index in [0.29, 0.717) is 18.5 Å². The van der Waals surface area contributed by atoms with Crippen LogP contribution in [0.3, 0.4) is 0 Å². The Hall–Kier alpha value is -1.55. The highest BCUT2D eigenvalue weighted by atomic mass is 127. The summed E-state index contributed by atoms with van der Waals surface area (Å²) < 4.78 is 101. The average Bonchev–Trinajstić information content (AvgIpc) is 2.64. The number of carbonyl (C=O) groups excluding carboxylic acids is 2. The number of halogens is 6. The molecule has 1 aromatic carbocycles. The number of rotatable bonds is 6. The third kappa shape index (κ3) is 6.25. The molecule has 0 aromatic heterocycles. The van der Waals surface area contributed by atoms with Gasteiger partial charge in [-0.1, -0.05) is 18.9 Å². The Morgan fingerprint density at radius 3 is 2.23 bits per heavy atom. The third-order valence-electron chi connectivity index (χ3n) is 4.68. The standard InChI is InChI=1S/C17H17F5INO6S/c18-16(19,20)15(17(21,22)31(27,28)29)30-14(26)12-7-2-1-6-11(12)13(25)24-10-5-3-4-9(23)8-10/h3-5,8,11-12,15H,1-2,6-7H2,(H,24,25)(H,27,28,29). The monoisotopic (exact) mass is 585 g/mol. The van der Waals surface area contributed by atoms with E-state index in [0.717, 1.165) is 3.57 Å². The highest BCUT2D eigenvalue weighted by Crippen LogP contribution is 2.40. The SMILES string of the molecule is O=C(Nc1cccc(I)c1)C1CCCCC1C(=O)OC(C(F)(F)F)C(F)(F)S(=O)(=O)O. The Morgan fingerprint density at radius 2 is 1.71 bits per heavy atom. The predicted octanol–water partition coefficient (Wildman–Crippen LogP) is 3.99. The molecule has 0 aliphatic heterocycles. The van der Waals surface area contributed by atoms with Crippen molar-refractivity contribution < 1.29 is 49.2 Å². The summed E-state index contributed by atoms with van der Waals surface area (Å²) in [5.74, 6) is -5.19. The van der Waals surface area contributed by atoms with Gasteiger partial charge < -0.3 is 10.1 Å².